The maximum Gasteiger partial charge on any atom is 0.0346 e. The Balaban J connectivity index is 2.32. The number of benzene rings is 2. The van der Waals surface area contributed by atoms with Crippen LogP contribution in [-0.2, 0) is 0 Å². The number of nitrogens with zero attached hydrogens (tertiary/aromatic N) is 1. The van der Waals surface area contributed by atoms with Gasteiger partial charge < -0.3 is 0 Å². The molecular weight excluding hydrogens is 194 g/mol. The third-order valence-corrected chi connectivity index (χ3v) is 2.71. The van der Waals surface area contributed by atoms with Crippen LogP contribution in [0.3, 0.4) is 0 Å². The van der Waals surface area contributed by atoms with Crippen molar-refractivity contribution < 1.29 is 0 Å². The van der Waals surface area contributed by atoms with Gasteiger partial charge in [-0.25, -0.2) is 0 Å². The van der Waals surface area contributed by atoms with Gasteiger partial charge in [0.15, 0.2) is 0 Å². The minimum Gasteiger partial charge on any atom is -0.264 e. The zero-order valence-corrected chi connectivity index (χ0v) is 8.72. The number of hydrogen-bond donors (Lipinski definition) is 0. The zero-order chi connectivity index (χ0) is 10.8. The summed E-state index contributed by atoms with van der Waals surface area (Å²) in [7, 11) is 0. The number of hydrogen-bond acceptors (Lipinski definition) is 1. The largest absolute Gasteiger partial charge is 0.264 e. The molecule has 1 aromatic heterocycles. The Hall–Kier alpha value is -2.15. The number of rotatable bonds is 1. The summed E-state index contributed by atoms with van der Waals surface area (Å²) in [5.74, 6) is 0. The van der Waals surface area contributed by atoms with Gasteiger partial charge in [0.25, 0.3) is 0 Å². The molecule has 3 rings (SSSR count). The Morgan fingerprint density at radius 2 is 1.81 bits per heavy atom. The second-order valence-electron chi connectivity index (χ2n) is 3.69. The summed E-state index contributed by atoms with van der Waals surface area (Å²) >= 11 is 0. The minimum atomic E-state index is 1.17. The van der Waals surface area contributed by atoms with E-state index in [-0.39, 0.29) is 0 Å². The Bertz CT molecular complexity index is 609. The van der Waals surface area contributed by atoms with Crippen LogP contribution in [-0.4, -0.2) is 4.98 Å². The molecule has 1 heterocycles. The van der Waals surface area contributed by atoms with Gasteiger partial charge in [-0.05, 0) is 28.6 Å². The van der Waals surface area contributed by atoms with E-state index in [1.54, 1.807) is 0 Å². The highest BCUT2D eigenvalue weighted by atomic mass is 14.6. The van der Waals surface area contributed by atoms with Crippen LogP contribution in [0.15, 0.2) is 60.9 Å². The Morgan fingerprint density at radius 1 is 0.938 bits per heavy atom. The van der Waals surface area contributed by atoms with E-state index in [9.17, 15) is 0 Å². The zero-order valence-electron chi connectivity index (χ0n) is 8.72. The highest BCUT2D eigenvalue weighted by molar-refractivity contribution is 5.95. The molecule has 3 aromatic rings. The molecular formula is C15H10N. The van der Waals surface area contributed by atoms with Crippen molar-refractivity contribution in [1.29, 1.82) is 0 Å². The van der Waals surface area contributed by atoms with Crippen molar-refractivity contribution in [2.75, 3.05) is 0 Å². The van der Waals surface area contributed by atoms with Crippen LogP contribution < -0.4 is 0 Å². The van der Waals surface area contributed by atoms with E-state index >= 15 is 0 Å². The van der Waals surface area contributed by atoms with E-state index in [4.69, 9.17) is 0 Å². The fourth-order valence-corrected chi connectivity index (χ4v) is 1.94. The van der Waals surface area contributed by atoms with Crippen molar-refractivity contribution in [2.24, 2.45) is 0 Å². The van der Waals surface area contributed by atoms with Gasteiger partial charge in [0, 0.05) is 17.8 Å². The van der Waals surface area contributed by atoms with Gasteiger partial charge in [-0.1, -0.05) is 42.5 Å². The minimum absolute atomic E-state index is 1.17. The predicted octanol–water partition coefficient (Wildman–Crippen LogP) is 3.70. The second-order valence-corrected chi connectivity index (χ2v) is 3.69. The first kappa shape index (κ1) is 9.10. The Morgan fingerprint density at radius 3 is 2.69 bits per heavy atom. The molecule has 0 atom stereocenters. The van der Waals surface area contributed by atoms with E-state index < -0.39 is 0 Å². The third kappa shape index (κ3) is 1.47. The molecule has 0 fully saturated rings. The number of aromatic nitrogens is 1. The van der Waals surface area contributed by atoms with E-state index in [1.807, 2.05) is 24.5 Å². The molecule has 1 radical (unpaired) electrons. The molecule has 0 bridgehead atoms. The molecule has 0 saturated carbocycles. The lowest BCUT2D eigenvalue weighted by Gasteiger charge is -2.05. The summed E-state index contributed by atoms with van der Waals surface area (Å²) in [4.78, 5) is 4.14. The molecule has 2 aromatic carbocycles. The molecule has 0 saturated heterocycles. The van der Waals surface area contributed by atoms with Crippen molar-refractivity contribution in [3.63, 3.8) is 0 Å². The molecule has 0 N–H and O–H groups in total. The van der Waals surface area contributed by atoms with Gasteiger partial charge in [-0.2, -0.15) is 0 Å². The first-order chi connectivity index (χ1) is 7.95. The average Bonchev–Trinajstić information content (AvgIpc) is 2.39. The fraction of sp³-hybridized carbons (Fsp3) is 0. The lowest BCUT2D eigenvalue weighted by atomic mass is 10.00. The van der Waals surface area contributed by atoms with Crippen molar-refractivity contribution >= 4 is 10.8 Å². The van der Waals surface area contributed by atoms with Gasteiger partial charge in [-0.15, -0.1) is 0 Å². The summed E-state index contributed by atoms with van der Waals surface area (Å²) < 4.78 is 0. The van der Waals surface area contributed by atoms with Crippen LogP contribution in [0.5, 0.6) is 0 Å². The van der Waals surface area contributed by atoms with Crippen molar-refractivity contribution in [3.05, 3.63) is 67.0 Å². The maximum absolute atomic E-state index is 4.14. The molecule has 0 aliphatic heterocycles. The van der Waals surface area contributed by atoms with Crippen molar-refractivity contribution in [3.8, 4) is 11.1 Å². The van der Waals surface area contributed by atoms with E-state index in [2.05, 4.69) is 47.4 Å². The fourth-order valence-electron chi connectivity index (χ4n) is 1.94. The first-order valence-corrected chi connectivity index (χ1v) is 5.24. The summed E-state index contributed by atoms with van der Waals surface area (Å²) in [6, 6.07) is 19.4. The average molecular weight is 204 g/mol. The van der Waals surface area contributed by atoms with Gasteiger partial charge in [-0.3, -0.25) is 4.98 Å². The summed E-state index contributed by atoms with van der Waals surface area (Å²) in [6.07, 6.45) is 3.73. The number of fused-ring (bicyclic) bond motifs is 1. The second kappa shape index (κ2) is 3.78. The Kier molecular flexibility index (Phi) is 2.15. The van der Waals surface area contributed by atoms with Gasteiger partial charge in [0.2, 0.25) is 0 Å². The molecule has 0 spiro atoms. The lowest BCUT2D eigenvalue weighted by molar-refractivity contribution is 1.36. The van der Waals surface area contributed by atoms with E-state index in [0.29, 0.717) is 0 Å². The third-order valence-electron chi connectivity index (χ3n) is 2.71. The standard InChI is InChI=1S/C15H10N/c1-2-5-12(6-3-1)14-8-4-7-13-11-16-10-9-15(13)14/h2-11H. The predicted molar refractivity (Wildman–Crippen MR) is 66.0 cm³/mol. The van der Waals surface area contributed by atoms with Crippen LogP contribution >= 0.6 is 0 Å². The van der Waals surface area contributed by atoms with Gasteiger partial charge in [0.05, 0.1) is 0 Å². The van der Waals surface area contributed by atoms with Crippen LogP contribution in [0, 0.1) is 6.07 Å². The van der Waals surface area contributed by atoms with Gasteiger partial charge >= 0.3 is 0 Å². The Labute approximate surface area is 94.4 Å². The quantitative estimate of drug-likeness (QED) is 0.589. The van der Waals surface area contributed by atoms with Gasteiger partial charge in [0.1, 0.15) is 0 Å². The molecule has 0 aliphatic carbocycles. The van der Waals surface area contributed by atoms with Crippen LogP contribution in [0.1, 0.15) is 0 Å². The van der Waals surface area contributed by atoms with E-state index in [1.165, 1.54) is 21.9 Å². The molecule has 0 amide bonds. The molecule has 1 nitrogen and oxygen atoms in total. The highest BCUT2D eigenvalue weighted by Crippen LogP contribution is 2.27. The monoisotopic (exact) mass is 204 g/mol. The first-order valence-electron chi connectivity index (χ1n) is 5.24. The normalized spacial score (nSPS) is 10.5. The molecule has 0 aliphatic rings. The molecule has 0 unspecified atom stereocenters. The smallest absolute Gasteiger partial charge is 0.0346 e. The topological polar surface area (TPSA) is 12.9 Å². The highest BCUT2D eigenvalue weighted by Gasteiger charge is 2.01. The van der Waals surface area contributed by atoms with Crippen molar-refractivity contribution in [1.82, 2.24) is 4.98 Å². The van der Waals surface area contributed by atoms with Crippen LogP contribution in [0.2, 0.25) is 0 Å². The number of pyridine rings is 1. The van der Waals surface area contributed by atoms with E-state index in [0.717, 1.165) is 0 Å². The molecule has 1 heteroatoms. The molecule has 16 heavy (non-hydrogen) atoms. The SMILES string of the molecule is [c]1ccc(-c2cccc3cnccc23)cc1. The summed E-state index contributed by atoms with van der Waals surface area (Å²) in [5, 5.41) is 2.41. The van der Waals surface area contributed by atoms with Crippen LogP contribution in [0.25, 0.3) is 21.9 Å². The summed E-state index contributed by atoms with van der Waals surface area (Å²) in [5.41, 5.74) is 2.46. The summed E-state index contributed by atoms with van der Waals surface area (Å²) in [6.45, 7) is 0. The van der Waals surface area contributed by atoms with Crippen molar-refractivity contribution in [2.45, 2.75) is 0 Å². The molecule has 75 valence electrons. The lowest BCUT2D eigenvalue weighted by Crippen LogP contribution is -1.81. The maximum atomic E-state index is 4.14. The van der Waals surface area contributed by atoms with Crippen LogP contribution in [0.4, 0.5) is 0 Å².